The highest BCUT2D eigenvalue weighted by atomic mass is 16.5. The lowest BCUT2D eigenvalue weighted by atomic mass is 10.0. The molecule has 0 aliphatic heterocycles. The van der Waals surface area contributed by atoms with Crippen LogP contribution >= 0.6 is 0 Å². The molecule has 0 unspecified atom stereocenters. The first-order valence-electron chi connectivity index (χ1n) is 8.47. The van der Waals surface area contributed by atoms with Crippen LogP contribution in [0.5, 0.6) is 0 Å². The number of nitrogens with one attached hydrogen (secondary N) is 1. The molecule has 8 nitrogen and oxygen atoms in total. The number of amides is 1. The number of ether oxygens (including phenoxy) is 1. The first kappa shape index (κ1) is 18.7. The maximum atomic E-state index is 12.7. The summed E-state index contributed by atoms with van der Waals surface area (Å²) in [7, 11) is 1.52. The molecule has 8 heteroatoms. The van der Waals surface area contributed by atoms with Gasteiger partial charge in [0.1, 0.15) is 6.33 Å². The molecule has 0 fully saturated rings. The molecular formula is C19H21N5O3. The zero-order valence-corrected chi connectivity index (χ0v) is 15.2. The molecule has 1 amide bonds. The number of nitrogens with zero attached hydrogens (tertiary/aromatic N) is 4. The van der Waals surface area contributed by atoms with Gasteiger partial charge in [0.05, 0.1) is 24.9 Å². The van der Waals surface area contributed by atoms with Crippen molar-refractivity contribution in [2.45, 2.75) is 13.0 Å². The molecule has 1 heterocycles. The van der Waals surface area contributed by atoms with Crippen molar-refractivity contribution in [1.29, 1.82) is 0 Å². The second-order valence-electron chi connectivity index (χ2n) is 6.20. The lowest BCUT2D eigenvalue weighted by Crippen LogP contribution is -2.40. The van der Waals surface area contributed by atoms with Gasteiger partial charge in [-0.15, -0.1) is 5.10 Å². The van der Waals surface area contributed by atoms with Crippen LogP contribution < -0.4 is 5.32 Å². The minimum Gasteiger partial charge on any atom is -0.394 e. The molecule has 0 spiro atoms. The van der Waals surface area contributed by atoms with E-state index in [1.54, 1.807) is 12.1 Å². The Kier molecular flexibility index (Phi) is 5.90. The number of benzene rings is 2. The van der Waals surface area contributed by atoms with E-state index in [0.29, 0.717) is 11.3 Å². The summed E-state index contributed by atoms with van der Waals surface area (Å²) in [4.78, 5) is 12.7. The Bertz CT molecular complexity index is 894. The Morgan fingerprint density at radius 2 is 2.00 bits per heavy atom. The van der Waals surface area contributed by atoms with Crippen molar-refractivity contribution in [2.24, 2.45) is 0 Å². The molecule has 0 saturated carbocycles. The van der Waals surface area contributed by atoms with Gasteiger partial charge in [0, 0.05) is 12.7 Å². The number of hydrogen-bond donors (Lipinski definition) is 2. The van der Waals surface area contributed by atoms with Gasteiger partial charge in [-0.1, -0.05) is 29.8 Å². The third-order valence-electron chi connectivity index (χ3n) is 4.10. The Morgan fingerprint density at radius 1 is 1.22 bits per heavy atom. The summed E-state index contributed by atoms with van der Waals surface area (Å²) < 4.78 is 6.51. The first-order valence-corrected chi connectivity index (χ1v) is 8.47. The highest BCUT2D eigenvalue weighted by Gasteiger charge is 2.15. The monoisotopic (exact) mass is 367 g/mol. The van der Waals surface area contributed by atoms with Crippen LogP contribution in [0.3, 0.4) is 0 Å². The Hall–Kier alpha value is -3.10. The van der Waals surface area contributed by atoms with Crippen LogP contribution in [0.15, 0.2) is 48.8 Å². The fourth-order valence-corrected chi connectivity index (χ4v) is 2.68. The van der Waals surface area contributed by atoms with Gasteiger partial charge in [-0.25, -0.2) is 4.68 Å². The summed E-state index contributed by atoms with van der Waals surface area (Å²) in [6, 6.07) is 12.9. The SMILES string of the molecule is COC[C@@H](CO)NC(=O)c1cc(-c2ccc(C)cc2)cc(-n2cnnn2)c1. The number of aryl methyl sites for hydroxylation is 1. The number of tetrazole rings is 1. The van der Waals surface area contributed by atoms with Crippen LogP contribution in [0.1, 0.15) is 15.9 Å². The second-order valence-corrected chi connectivity index (χ2v) is 6.20. The van der Waals surface area contributed by atoms with E-state index in [-0.39, 0.29) is 19.1 Å². The zero-order chi connectivity index (χ0) is 19.2. The molecule has 0 radical (unpaired) electrons. The molecule has 27 heavy (non-hydrogen) atoms. The maximum Gasteiger partial charge on any atom is 0.251 e. The zero-order valence-electron chi connectivity index (χ0n) is 15.2. The van der Waals surface area contributed by atoms with Gasteiger partial charge in [0.2, 0.25) is 0 Å². The largest absolute Gasteiger partial charge is 0.394 e. The molecule has 2 N–H and O–H groups in total. The van der Waals surface area contributed by atoms with E-state index in [9.17, 15) is 9.90 Å². The van der Waals surface area contributed by atoms with Crippen molar-refractivity contribution in [2.75, 3.05) is 20.3 Å². The van der Waals surface area contributed by atoms with Gasteiger partial charge in [-0.2, -0.15) is 0 Å². The van der Waals surface area contributed by atoms with E-state index in [1.807, 2.05) is 37.3 Å². The average Bonchev–Trinajstić information content (AvgIpc) is 3.22. The summed E-state index contributed by atoms with van der Waals surface area (Å²) in [5.74, 6) is -0.311. The van der Waals surface area contributed by atoms with Crippen LogP contribution in [0.4, 0.5) is 0 Å². The van der Waals surface area contributed by atoms with Gasteiger partial charge in [0.25, 0.3) is 5.91 Å². The molecule has 140 valence electrons. The van der Waals surface area contributed by atoms with Crippen LogP contribution in [0.2, 0.25) is 0 Å². The predicted octanol–water partition coefficient (Wildman–Crippen LogP) is 1.37. The fraction of sp³-hybridized carbons (Fsp3) is 0.263. The first-order chi connectivity index (χ1) is 13.1. The van der Waals surface area contributed by atoms with Crippen molar-refractivity contribution in [3.05, 3.63) is 59.9 Å². The normalized spacial score (nSPS) is 12.0. The molecule has 0 saturated heterocycles. The van der Waals surface area contributed by atoms with Crippen LogP contribution in [0, 0.1) is 6.92 Å². The van der Waals surface area contributed by atoms with E-state index in [0.717, 1.165) is 16.7 Å². The average molecular weight is 367 g/mol. The summed E-state index contributed by atoms with van der Waals surface area (Å²) in [5, 5.41) is 23.4. The van der Waals surface area contributed by atoms with Gasteiger partial charge in [0.15, 0.2) is 0 Å². The summed E-state index contributed by atoms with van der Waals surface area (Å²) in [6.07, 6.45) is 1.47. The van der Waals surface area contributed by atoms with Crippen molar-refractivity contribution in [1.82, 2.24) is 25.5 Å². The Balaban J connectivity index is 1.99. The predicted molar refractivity (Wildman–Crippen MR) is 99.5 cm³/mol. The summed E-state index contributed by atoms with van der Waals surface area (Å²) in [6.45, 7) is 2.03. The fourth-order valence-electron chi connectivity index (χ4n) is 2.68. The Labute approximate surface area is 156 Å². The lowest BCUT2D eigenvalue weighted by molar-refractivity contribution is 0.0839. The molecule has 3 aromatic rings. The van der Waals surface area contributed by atoms with Gasteiger partial charge in [-0.05, 0) is 46.7 Å². The topological polar surface area (TPSA) is 102 Å². The van der Waals surface area contributed by atoms with Gasteiger partial charge in [-0.3, -0.25) is 4.79 Å². The second kappa shape index (κ2) is 8.52. The molecule has 0 aliphatic rings. The maximum absolute atomic E-state index is 12.7. The summed E-state index contributed by atoms with van der Waals surface area (Å²) >= 11 is 0. The minimum atomic E-state index is -0.484. The van der Waals surface area contributed by atoms with E-state index in [1.165, 1.54) is 18.1 Å². The quantitative estimate of drug-likeness (QED) is 0.654. The minimum absolute atomic E-state index is 0.211. The van der Waals surface area contributed by atoms with Crippen molar-refractivity contribution >= 4 is 5.91 Å². The number of hydrogen-bond acceptors (Lipinski definition) is 6. The number of aliphatic hydroxyl groups excluding tert-OH is 1. The van der Waals surface area contributed by atoms with E-state index in [2.05, 4.69) is 20.8 Å². The molecule has 3 rings (SSSR count). The van der Waals surface area contributed by atoms with Crippen molar-refractivity contribution in [3.8, 4) is 16.8 Å². The third kappa shape index (κ3) is 4.55. The van der Waals surface area contributed by atoms with Gasteiger partial charge < -0.3 is 15.2 Å². The molecule has 1 atom stereocenters. The van der Waals surface area contributed by atoms with Crippen molar-refractivity contribution < 1.29 is 14.6 Å². The molecule has 0 aliphatic carbocycles. The Morgan fingerprint density at radius 3 is 2.63 bits per heavy atom. The number of methoxy groups -OCH3 is 1. The third-order valence-corrected chi connectivity index (χ3v) is 4.10. The number of carbonyl (C=O) groups excluding carboxylic acids is 1. The van der Waals surface area contributed by atoms with Crippen LogP contribution in [0.25, 0.3) is 16.8 Å². The number of aliphatic hydroxyl groups is 1. The number of aromatic nitrogens is 4. The van der Waals surface area contributed by atoms with Gasteiger partial charge >= 0.3 is 0 Å². The molecule has 0 bridgehead atoms. The number of carbonyl (C=O) groups is 1. The molecule has 2 aromatic carbocycles. The molecule has 1 aromatic heterocycles. The van der Waals surface area contributed by atoms with Crippen molar-refractivity contribution in [3.63, 3.8) is 0 Å². The smallest absolute Gasteiger partial charge is 0.251 e. The van der Waals surface area contributed by atoms with Crippen LogP contribution in [-0.4, -0.2) is 57.6 Å². The highest BCUT2D eigenvalue weighted by molar-refractivity contribution is 5.96. The van der Waals surface area contributed by atoms with E-state index >= 15 is 0 Å². The summed E-state index contributed by atoms with van der Waals surface area (Å²) in [5.41, 5.74) is 4.09. The molecular weight excluding hydrogens is 346 g/mol. The van der Waals surface area contributed by atoms with E-state index < -0.39 is 6.04 Å². The van der Waals surface area contributed by atoms with E-state index in [4.69, 9.17) is 4.74 Å². The highest BCUT2D eigenvalue weighted by Crippen LogP contribution is 2.24. The lowest BCUT2D eigenvalue weighted by Gasteiger charge is -2.16. The number of rotatable bonds is 7. The van der Waals surface area contributed by atoms with Crippen LogP contribution in [-0.2, 0) is 4.74 Å². The standard InChI is InChI=1S/C19H21N5O3/c1-13-3-5-14(6-4-13)15-7-16(19(26)21-17(10-25)11-27-2)9-18(8-15)24-12-20-22-23-24/h3-9,12,17,25H,10-11H2,1-2H3,(H,21,26)/t17-/m1/s1.